The number of aliphatic hydroxyl groups is 1. The Morgan fingerprint density at radius 1 is 1.25 bits per heavy atom. The van der Waals surface area contributed by atoms with E-state index in [0.29, 0.717) is 17.6 Å². The molecule has 4 heteroatoms. The van der Waals surface area contributed by atoms with E-state index in [4.69, 9.17) is 4.74 Å². The molecular formula is C16H21NO3. The quantitative estimate of drug-likeness (QED) is 0.856. The fourth-order valence-electron chi connectivity index (χ4n) is 3.46. The van der Waals surface area contributed by atoms with Crippen molar-refractivity contribution in [1.29, 1.82) is 0 Å². The number of fused-ring (bicyclic) bond motifs is 2. The predicted octanol–water partition coefficient (Wildman–Crippen LogP) is 1.89. The molecule has 0 aliphatic carbocycles. The highest BCUT2D eigenvalue weighted by atomic mass is 16.6. The van der Waals surface area contributed by atoms with Gasteiger partial charge in [0.2, 0.25) is 0 Å². The van der Waals surface area contributed by atoms with Crippen LogP contribution in [0.15, 0.2) is 30.3 Å². The van der Waals surface area contributed by atoms with Crippen LogP contribution in [0.3, 0.4) is 0 Å². The van der Waals surface area contributed by atoms with E-state index in [1.54, 1.807) is 12.1 Å². The number of rotatable bonds is 3. The number of esters is 1. The Morgan fingerprint density at radius 2 is 1.85 bits per heavy atom. The lowest BCUT2D eigenvalue weighted by molar-refractivity contribution is -0.162. The van der Waals surface area contributed by atoms with Crippen LogP contribution in [0.25, 0.3) is 0 Å². The first kappa shape index (κ1) is 13.6. The average Bonchev–Trinajstić information content (AvgIpc) is 2.69. The molecule has 20 heavy (non-hydrogen) atoms. The predicted molar refractivity (Wildman–Crippen MR) is 75.1 cm³/mol. The highest BCUT2D eigenvalue weighted by Crippen LogP contribution is 2.35. The normalized spacial score (nSPS) is 31.0. The third kappa shape index (κ3) is 2.58. The topological polar surface area (TPSA) is 49.8 Å². The summed E-state index contributed by atoms with van der Waals surface area (Å²) in [5, 5.41) is 10.0. The van der Waals surface area contributed by atoms with E-state index < -0.39 is 12.1 Å². The highest BCUT2D eigenvalue weighted by Gasteiger charge is 2.40. The van der Waals surface area contributed by atoms with Gasteiger partial charge < -0.3 is 14.7 Å². The zero-order chi connectivity index (χ0) is 14.1. The van der Waals surface area contributed by atoms with Gasteiger partial charge in [0.05, 0.1) is 0 Å². The van der Waals surface area contributed by atoms with E-state index in [1.807, 2.05) is 18.2 Å². The van der Waals surface area contributed by atoms with E-state index in [9.17, 15) is 9.90 Å². The first-order valence-electron chi connectivity index (χ1n) is 7.30. The van der Waals surface area contributed by atoms with Crippen molar-refractivity contribution in [2.24, 2.45) is 0 Å². The van der Waals surface area contributed by atoms with E-state index in [-0.39, 0.29) is 6.10 Å². The molecule has 4 nitrogen and oxygen atoms in total. The van der Waals surface area contributed by atoms with Crippen LogP contribution in [0.4, 0.5) is 0 Å². The number of hydrogen-bond donors (Lipinski definition) is 1. The Balaban J connectivity index is 1.60. The summed E-state index contributed by atoms with van der Waals surface area (Å²) in [6.07, 6.45) is 2.94. The molecule has 2 aliphatic heterocycles. The minimum Gasteiger partial charge on any atom is -0.460 e. The van der Waals surface area contributed by atoms with E-state index in [0.717, 1.165) is 12.8 Å². The summed E-state index contributed by atoms with van der Waals surface area (Å²) in [7, 11) is 2.15. The molecule has 2 bridgehead atoms. The fraction of sp³-hybridized carbons (Fsp3) is 0.562. The molecule has 1 N–H and O–H groups in total. The molecule has 108 valence electrons. The van der Waals surface area contributed by atoms with E-state index in [2.05, 4.69) is 11.9 Å². The summed E-state index contributed by atoms with van der Waals surface area (Å²) in [6, 6.07) is 10.0. The van der Waals surface area contributed by atoms with Crippen LogP contribution in [-0.2, 0) is 9.53 Å². The standard InChI is InChI=1S/C16H21NO3/c1-17-12-7-8-13(17)10-14(9-12)20-16(19)15(18)11-5-3-2-4-6-11/h2-6,12-15,18H,7-10H2,1H3/t12-,13-,15-/m0/s1. The molecule has 3 rings (SSSR count). The first-order chi connectivity index (χ1) is 9.65. The summed E-state index contributed by atoms with van der Waals surface area (Å²) < 4.78 is 5.52. The zero-order valence-electron chi connectivity index (χ0n) is 11.7. The Morgan fingerprint density at radius 3 is 2.45 bits per heavy atom. The van der Waals surface area contributed by atoms with Crippen molar-refractivity contribution in [3.05, 3.63) is 35.9 Å². The molecule has 1 aromatic rings. The van der Waals surface area contributed by atoms with Crippen molar-refractivity contribution >= 4 is 5.97 Å². The lowest BCUT2D eigenvalue weighted by Gasteiger charge is -2.36. The number of nitrogens with zero attached hydrogens (tertiary/aromatic N) is 1. The largest absolute Gasteiger partial charge is 0.460 e. The number of carbonyl (C=O) groups excluding carboxylic acids is 1. The summed E-state index contributed by atoms with van der Waals surface area (Å²) in [5.74, 6) is -0.523. The lowest BCUT2D eigenvalue weighted by atomic mass is 10.0. The smallest absolute Gasteiger partial charge is 0.339 e. The van der Waals surface area contributed by atoms with Gasteiger partial charge in [-0.15, -0.1) is 0 Å². The third-order valence-electron chi connectivity index (χ3n) is 4.68. The molecule has 2 fully saturated rings. The Bertz CT molecular complexity index is 462. The van der Waals surface area contributed by atoms with Crippen molar-refractivity contribution < 1.29 is 14.6 Å². The summed E-state index contributed by atoms with van der Waals surface area (Å²) in [6.45, 7) is 0. The van der Waals surface area contributed by atoms with E-state index in [1.165, 1.54) is 12.8 Å². The number of benzene rings is 1. The molecule has 1 aromatic carbocycles. The molecule has 2 heterocycles. The van der Waals surface area contributed by atoms with Gasteiger partial charge in [-0.1, -0.05) is 30.3 Å². The van der Waals surface area contributed by atoms with Crippen LogP contribution in [0.1, 0.15) is 37.4 Å². The van der Waals surface area contributed by atoms with Crippen molar-refractivity contribution in [3.63, 3.8) is 0 Å². The number of hydrogen-bond acceptors (Lipinski definition) is 4. The number of aliphatic hydroxyl groups excluding tert-OH is 1. The highest BCUT2D eigenvalue weighted by molar-refractivity contribution is 5.76. The van der Waals surface area contributed by atoms with Crippen LogP contribution in [0.2, 0.25) is 0 Å². The van der Waals surface area contributed by atoms with Gasteiger partial charge in [-0.05, 0) is 38.3 Å². The molecule has 0 saturated carbocycles. The summed E-state index contributed by atoms with van der Waals surface area (Å²) >= 11 is 0. The monoisotopic (exact) mass is 275 g/mol. The van der Waals surface area contributed by atoms with Gasteiger partial charge in [0, 0.05) is 12.1 Å². The van der Waals surface area contributed by atoms with Crippen LogP contribution < -0.4 is 0 Å². The Kier molecular flexibility index (Phi) is 3.76. The minimum absolute atomic E-state index is 0.0467. The van der Waals surface area contributed by atoms with Gasteiger partial charge in [0.15, 0.2) is 6.10 Å². The summed E-state index contributed by atoms with van der Waals surface area (Å²) in [4.78, 5) is 14.4. The number of ether oxygens (including phenoxy) is 1. The molecular weight excluding hydrogens is 254 g/mol. The van der Waals surface area contributed by atoms with E-state index >= 15 is 0 Å². The Hall–Kier alpha value is -1.39. The second kappa shape index (κ2) is 5.54. The maximum absolute atomic E-state index is 12.0. The molecule has 0 radical (unpaired) electrons. The van der Waals surface area contributed by atoms with Gasteiger partial charge >= 0.3 is 5.97 Å². The second-order valence-corrected chi connectivity index (χ2v) is 5.89. The van der Waals surface area contributed by atoms with Gasteiger partial charge in [0.25, 0.3) is 0 Å². The van der Waals surface area contributed by atoms with Crippen molar-refractivity contribution in [2.75, 3.05) is 7.05 Å². The van der Waals surface area contributed by atoms with Crippen LogP contribution >= 0.6 is 0 Å². The molecule has 0 amide bonds. The second-order valence-electron chi connectivity index (χ2n) is 5.89. The molecule has 0 spiro atoms. The summed E-state index contributed by atoms with van der Waals surface area (Å²) in [5.41, 5.74) is 0.591. The number of piperidine rings is 1. The van der Waals surface area contributed by atoms with Crippen molar-refractivity contribution in [3.8, 4) is 0 Å². The van der Waals surface area contributed by atoms with Crippen LogP contribution in [0, 0.1) is 0 Å². The van der Waals surface area contributed by atoms with Crippen molar-refractivity contribution in [1.82, 2.24) is 4.90 Å². The first-order valence-corrected chi connectivity index (χ1v) is 7.30. The zero-order valence-corrected chi connectivity index (χ0v) is 11.7. The molecule has 3 atom stereocenters. The molecule has 0 unspecified atom stereocenters. The molecule has 0 aromatic heterocycles. The van der Waals surface area contributed by atoms with Gasteiger partial charge in [-0.2, -0.15) is 0 Å². The van der Waals surface area contributed by atoms with Gasteiger partial charge in [-0.25, -0.2) is 4.79 Å². The molecule has 2 saturated heterocycles. The average molecular weight is 275 g/mol. The molecule has 2 aliphatic rings. The SMILES string of the molecule is CN1[C@H]2CC[C@H]1CC(OC(=O)[C@@H](O)c1ccccc1)C2. The third-order valence-corrected chi connectivity index (χ3v) is 4.68. The number of carbonyl (C=O) groups is 1. The van der Waals surface area contributed by atoms with Gasteiger partial charge in [-0.3, -0.25) is 0 Å². The maximum atomic E-state index is 12.0. The Labute approximate surface area is 119 Å². The lowest BCUT2D eigenvalue weighted by Crippen LogP contribution is -2.43. The van der Waals surface area contributed by atoms with Crippen LogP contribution in [-0.4, -0.2) is 41.2 Å². The van der Waals surface area contributed by atoms with Gasteiger partial charge in [0.1, 0.15) is 6.10 Å². The maximum Gasteiger partial charge on any atom is 0.339 e. The fourth-order valence-corrected chi connectivity index (χ4v) is 3.46. The van der Waals surface area contributed by atoms with Crippen molar-refractivity contribution in [2.45, 2.75) is 50.0 Å². The minimum atomic E-state index is -1.17. The van der Waals surface area contributed by atoms with Crippen LogP contribution in [0.5, 0.6) is 0 Å².